The van der Waals surface area contributed by atoms with E-state index in [2.05, 4.69) is 0 Å². The summed E-state index contributed by atoms with van der Waals surface area (Å²) in [4.78, 5) is 0. The monoisotopic (exact) mass is 209 g/mol. The molecule has 1 aromatic carbocycles. The largest absolute Gasteiger partial charge is 0.327 e. The van der Waals surface area contributed by atoms with Crippen molar-refractivity contribution in [3.63, 3.8) is 0 Å². The van der Waals surface area contributed by atoms with Gasteiger partial charge in [0.15, 0.2) is 5.67 Å². The van der Waals surface area contributed by atoms with Gasteiger partial charge in [0.05, 0.1) is 0 Å². The average molecular weight is 209 g/mol. The lowest BCUT2D eigenvalue weighted by Gasteiger charge is -2.37. The summed E-state index contributed by atoms with van der Waals surface area (Å²) in [5.74, 6) is 0. The number of hydrogen-bond donors (Lipinski definition) is 1. The quantitative estimate of drug-likeness (QED) is 0.795. The zero-order valence-electron chi connectivity index (χ0n) is 9.97. The van der Waals surface area contributed by atoms with Crippen LogP contribution in [-0.2, 0) is 5.67 Å². The van der Waals surface area contributed by atoms with Crippen LogP contribution >= 0.6 is 0 Å². The van der Waals surface area contributed by atoms with E-state index in [0.29, 0.717) is 5.56 Å². The molecule has 0 radical (unpaired) electrons. The van der Waals surface area contributed by atoms with Gasteiger partial charge >= 0.3 is 0 Å². The van der Waals surface area contributed by atoms with Crippen LogP contribution in [0.25, 0.3) is 0 Å². The molecule has 1 unspecified atom stereocenters. The Kier molecular flexibility index (Phi) is 3.19. The van der Waals surface area contributed by atoms with E-state index in [-0.39, 0.29) is 6.54 Å². The Hall–Kier alpha value is -0.890. The van der Waals surface area contributed by atoms with Crippen LogP contribution in [0.1, 0.15) is 31.9 Å². The van der Waals surface area contributed by atoms with Crippen molar-refractivity contribution in [1.29, 1.82) is 0 Å². The van der Waals surface area contributed by atoms with Gasteiger partial charge in [0.2, 0.25) is 0 Å². The van der Waals surface area contributed by atoms with Crippen molar-refractivity contribution < 1.29 is 4.39 Å². The molecule has 0 spiro atoms. The van der Waals surface area contributed by atoms with Crippen LogP contribution in [0.15, 0.2) is 24.3 Å². The first-order valence-electron chi connectivity index (χ1n) is 5.27. The van der Waals surface area contributed by atoms with Crippen LogP contribution in [0.2, 0.25) is 0 Å². The van der Waals surface area contributed by atoms with Crippen molar-refractivity contribution in [3.05, 3.63) is 35.4 Å². The third-order valence-electron chi connectivity index (χ3n) is 2.95. The summed E-state index contributed by atoms with van der Waals surface area (Å²) in [5.41, 5.74) is 5.39. The van der Waals surface area contributed by atoms with Crippen molar-refractivity contribution in [3.8, 4) is 0 Å². The molecule has 0 fully saturated rings. The molecule has 0 bridgehead atoms. The van der Waals surface area contributed by atoms with Gasteiger partial charge < -0.3 is 5.73 Å². The Bertz CT molecular complexity index is 341. The lowest BCUT2D eigenvalue weighted by atomic mass is 9.73. The maximum Gasteiger partial charge on any atom is 0.152 e. The average Bonchev–Trinajstić information content (AvgIpc) is 2.14. The van der Waals surface area contributed by atoms with E-state index in [9.17, 15) is 4.39 Å². The van der Waals surface area contributed by atoms with E-state index in [1.54, 1.807) is 0 Å². The molecule has 0 aliphatic heterocycles. The third kappa shape index (κ3) is 2.20. The molecule has 1 aromatic rings. The fraction of sp³-hybridized carbons (Fsp3) is 0.538. The fourth-order valence-corrected chi connectivity index (χ4v) is 1.75. The van der Waals surface area contributed by atoms with Crippen LogP contribution in [0.4, 0.5) is 4.39 Å². The van der Waals surface area contributed by atoms with E-state index in [4.69, 9.17) is 5.73 Å². The molecule has 0 amide bonds. The second-order valence-corrected chi connectivity index (χ2v) is 5.12. The van der Waals surface area contributed by atoms with Crippen LogP contribution < -0.4 is 5.73 Å². The van der Waals surface area contributed by atoms with Gasteiger partial charge in [-0.05, 0) is 12.5 Å². The van der Waals surface area contributed by atoms with E-state index in [1.807, 2.05) is 52.0 Å². The van der Waals surface area contributed by atoms with Gasteiger partial charge in [-0.15, -0.1) is 0 Å². The normalized spacial score (nSPS) is 16.1. The van der Waals surface area contributed by atoms with Crippen LogP contribution in [-0.4, -0.2) is 6.54 Å². The summed E-state index contributed by atoms with van der Waals surface area (Å²) in [6.07, 6.45) is 0. The Morgan fingerprint density at radius 2 is 1.87 bits per heavy atom. The second-order valence-electron chi connectivity index (χ2n) is 5.12. The topological polar surface area (TPSA) is 26.0 Å². The Morgan fingerprint density at radius 3 is 2.27 bits per heavy atom. The van der Waals surface area contributed by atoms with Crippen LogP contribution in [0.3, 0.4) is 0 Å². The highest BCUT2D eigenvalue weighted by Crippen LogP contribution is 2.42. The molecule has 2 N–H and O–H groups in total. The van der Waals surface area contributed by atoms with Crippen molar-refractivity contribution >= 4 is 0 Å². The molecular weight excluding hydrogens is 189 g/mol. The standard InChI is InChI=1S/C13H20FN/c1-10-6-5-7-11(8-10)13(14,9-15)12(2,3)4/h5-8H,9,15H2,1-4H3. The Morgan fingerprint density at radius 1 is 1.27 bits per heavy atom. The van der Waals surface area contributed by atoms with Crippen molar-refractivity contribution in [2.75, 3.05) is 6.54 Å². The molecule has 0 aliphatic rings. The van der Waals surface area contributed by atoms with Gasteiger partial charge in [0.25, 0.3) is 0 Å². The van der Waals surface area contributed by atoms with E-state index in [1.165, 1.54) is 0 Å². The first-order chi connectivity index (χ1) is 6.81. The molecule has 0 heterocycles. The smallest absolute Gasteiger partial charge is 0.152 e. The van der Waals surface area contributed by atoms with Crippen molar-refractivity contribution in [1.82, 2.24) is 0 Å². The molecule has 0 saturated carbocycles. The third-order valence-corrected chi connectivity index (χ3v) is 2.95. The van der Waals surface area contributed by atoms with Crippen molar-refractivity contribution in [2.24, 2.45) is 11.1 Å². The zero-order valence-corrected chi connectivity index (χ0v) is 9.97. The van der Waals surface area contributed by atoms with Crippen LogP contribution in [0.5, 0.6) is 0 Å². The predicted octanol–water partition coefficient (Wildman–Crippen LogP) is 3.16. The fourth-order valence-electron chi connectivity index (χ4n) is 1.75. The molecule has 1 rings (SSSR count). The number of nitrogens with two attached hydrogens (primary N) is 1. The zero-order chi connectivity index (χ0) is 11.7. The van der Waals surface area contributed by atoms with E-state index >= 15 is 0 Å². The Labute approximate surface area is 91.5 Å². The number of rotatable bonds is 2. The maximum atomic E-state index is 14.8. The number of aryl methyl sites for hydroxylation is 1. The van der Waals surface area contributed by atoms with Crippen LogP contribution in [0, 0.1) is 12.3 Å². The number of benzene rings is 1. The summed E-state index contributed by atoms with van der Waals surface area (Å²) < 4.78 is 14.8. The van der Waals surface area contributed by atoms with Gasteiger partial charge in [-0.1, -0.05) is 50.6 Å². The number of hydrogen-bond acceptors (Lipinski definition) is 1. The molecule has 0 saturated heterocycles. The van der Waals surface area contributed by atoms with Gasteiger partial charge in [0.1, 0.15) is 0 Å². The van der Waals surface area contributed by atoms with Gasteiger partial charge in [-0.25, -0.2) is 4.39 Å². The summed E-state index contributed by atoms with van der Waals surface area (Å²) in [6, 6.07) is 7.52. The lowest BCUT2D eigenvalue weighted by molar-refractivity contribution is 0.0343. The first-order valence-corrected chi connectivity index (χ1v) is 5.27. The summed E-state index contributed by atoms with van der Waals surface area (Å²) in [5, 5.41) is 0. The molecule has 1 atom stereocenters. The molecule has 1 nitrogen and oxygen atoms in total. The first kappa shape index (κ1) is 12.2. The molecule has 0 aliphatic carbocycles. The minimum absolute atomic E-state index is 0.0138. The molecular formula is C13H20FN. The highest BCUT2D eigenvalue weighted by molar-refractivity contribution is 5.29. The molecule has 2 heteroatoms. The molecule has 15 heavy (non-hydrogen) atoms. The lowest BCUT2D eigenvalue weighted by Crippen LogP contribution is -2.42. The molecule has 0 aromatic heterocycles. The minimum atomic E-state index is -1.46. The highest BCUT2D eigenvalue weighted by Gasteiger charge is 2.42. The maximum absolute atomic E-state index is 14.8. The SMILES string of the molecule is Cc1cccc(C(F)(CN)C(C)(C)C)c1. The predicted molar refractivity (Wildman–Crippen MR) is 62.5 cm³/mol. The molecule has 84 valence electrons. The minimum Gasteiger partial charge on any atom is -0.327 e. The van der Waals surface area contributed by atoms with Gasteiger partial charge in [0, 0.05) is 12.0 Å². The van der Waals surface area contributed by atoms with E-state index in [0.717, 1.165) is 5.56 Å². The van der Waals surface area contributed by atoms with E-state index < -0.39 is 11.1 Å². The number of halogens is 1. The summed E-state index contributed by atoms with van der Waals surface area (Å²) in [7, 11) is 0. The number of alkyl halides is 1. The van der Waals surface area contributed by atoms with Gasteiger partial charge in [-0.2, -0.15) is 0 Å². The second kappa shape index (κ2) is 3.93. The highest BCUT2D eigenvalue weighted by atomic mass is 19.1. The summed E-state index contributed by atoms with van der Waals surface area (Å²) in [6.45, 7) is 7.61. The Balaban J connectivity index is 3.23. The van der Waals surface area contributed by atoms with Gasteiger partial charge in [-0.3, -0.25) is 0 Å². The van der Waals surface area contributed by atoms with Crippen molar-refractivity contribution in [2.45, 2.75) is 33.4 Å². The summed E-state index contributed by atoms with van der Waals surface area (Å²) >= 11 is 0.